The number of hydrogen-bond acceptors (Lipinski definition) is 2. The van der Waals surface area contributed by atoms with Gasteiger partial charge < -0.3 is 9.80 Å². The van der Waals surface area contributed by atoms with Crippen molar-refractivity contribution in [1.29, 1.82) is 0 Å². The second kappa shape index (κ2) is 13.7. The van der Waals surface area contributed by atoms with Crippen LogP contribution < -0.4 is 9.80 Å². The Morgan fingerprint density at radius 2 is 0.587 bits per heavy atom. The minimum Gasteiger partial charge on any atom is -0.311 e. The summed E-state index contributed by atoms with van der Waals surface area (Å²) < 4.78 is 0. The highest BCUT2D eigenvalue weighted by molar-refractivity contribution is 5.81. The van der Waals surface area contributed by atoms with E-state index in [0.717, 1.165) is 45.3 Å². The van der Waals surface area contributed by atoms with E-state index in [0.29, 0.717) is 0 Å². The SMILES string of the molecule is C(=C\c1ccc(N(c2ccccc2)c2cccc(-c3ccccc3)c2)cc1)/c1ccc(N(c2ccccc2)c2ccccc2)cc1. The van der Waals surface area contributed by atoms with Crippen molar-refractivity contribution in [2.24, 2.45) is 0 Å². The van der Waals surface area contributed by atoms with Crippen LogP contribution >= 0.6 is 0 Å². The lowest BCUT2D eigenvalue weighted by molar-refractivity contribution is 1.28. The Morgan fingerprint density at radius 1 is 0.261 bits per heavy atom. The fraction of sp³-hybridized carbons (Fsp3) is 0. The molecule has 220 valence electrons. The molecule has 2 nitrogen and oxygen atoms in total. The van der Waals surface area contributed by atoms with Gasteiger partial charge in [-0.1, -0.05) is 133 Å². The van der Waals surface area contributed by atoms with Crippen LogP contribution in [0.25, 0.3) is 23.3 Å². The molecule has 0 amide bonds. The molecule has 0 aliphatic rings. The molecule has 7 aromatic rings. The third-order valence-corrected chi connectivity index (χ3v) is 8.03. The third-order valence-electron chi connectivity index (χ3n) is 8.03. The van der Waals surface area contributed by atoms with Crippen molar-refractivity contribution in [2.75, 3.05) is 9.80 Å². The quantitative estimate of drug-likeness (QED) is 0.154. The van der Waals surface area contributed by atoms with Crippen molar-refractivity contribution in [3.8, 4) is 11.1 Å². The first-order valence-corrected chi connectivity index (χ1v) is 15.6. The van der Waals surface area contributed by atoms with Gasteiger partial charge in [-0.05, 0) is 95.1 Å². The normalized spacial score (nSPS) is 11.0. The molecule has 0 spiro atoms. The van der Waals surface area contributed by atoms with Crippen LogP contribution in [0.5, 0.6) is 0 Å². The van der Waals surface area contributed by atoms with Crippen LogP contribution in [0.15, 0.2) is 194 Å². The summed E-state index contributed by atoms with van der Waals surface area (Å²) in [6.45, 7) is 0. The van der Waals surface area contributed by atoms with Gasteiger partial charge in [0.25, 0.3) is 0 Å². The maximum absolute atomic E-state index is 2.31. The highest BCUT2D eigenvalue weighted by Gasteiger charge is 2.14. The molecule has 0 radical (unpaired) electrons. The van der Waals surface area contributed by atoms with Crippen LogP contribution in [-0.4, -0.2) is 0 Å². The van der Waals surface area contributed by atoms with Crippen molar-refractivity contribution in [1.82, 2.24) is 0 Å². The molecule has 0 N–H and O–H groups in total. The number of rotatable bonds is 9. The lowest BCUT2D eigenvalue weighted by atomic mass is 10.0. The summed E-state index contributed by atoms with van der Waals surface area (Å²) in [6, 6.07) is 68.3. The Bertz CT molecular complexity index is 1960. The molecule has 0 heterocycles. The van der Waals surface area contributed by atoms with E-state index in [1.54, 1.807) is 0 Å². The lowest BCUT2D eigenvalue weighted by Gasteiger charge is -2.26. The van der Waals surface area contributed by atoms with Gasteiger partial charge in [-0.25, -0.2) is 0 Å². The zero-order valence-electron chi connectivity index (χ0n) is 25.5. The second-order valence-electron chi connectivity index (χ2n) is 11.1. The van der Waals surface area contributed by atoms with Gasteiger partial charge in [0.1, 0.15) is 0 Å². The smallest absolute Gasteiger partial charge is 0.0467 e. The summed E-state index contributed by atoms with van der Waals surface area (Å²) in [5.74, 6) is 0. The molecule has 0 fully saturated rings. The summed E-state index contributed by atoms with van der Waals surface area (Å²) in [4.78, 5) is 4.59. The van der Waals surface area contributed by atoms with E-state index in [1.807, 2.05) is 0 Å². The van der Waals surface area contributed by atoms with E-state index in [4.69, 9.17) is 0 Å². The van der Waals surface area contributed by atoms with E-state index in [9.17, 15) is 0 Å². The van der Waals surface area contributed by atoms with E-state index < -0.39 is 0 Å². The highest BCUT2D eigenvalue weighted by Crippen LogP contribution is 2.37. The fourth-order valence-corrected chi connectivity index (χ4v) is 5.74. The third kappa shape index (κ3) is 6.52. The van der Waals surface area contributed by atoms with Gasteiger partial charge in [0.05, 0.1) is 0 Å². The topological polar surface area (TPSA) is 6.48 Å². The van der Waals surface area contributed by atoms with Gasteiger partial charge in [-0.3, -0.25) is 0 Å². The molecule has 0 aliphatic heterocycles. The van der Waals surface area contributed by atoms with Crippen LogP contribution in [0.3, 0.4) is 0 Å². The number of anilines is 6. The van der Waals surface area contributed by atoms with Crippen LogP contribution in [0.1, 0.15) is 11.1 Å². The number of para-hydroxylation sites is 3. The van der Waals surface area contributed by atoms with Crippen molar-refractivity contribution < 1.29 is 0 Å². The standard InChI is InChI=1S/C44H34N2/c1-5-14-37(15-6-1)38-16-13-23-44(34-38)46(41-21-11-4-12-22-41)43-32-28-36(29-33-43)25-24-35-26-30-42(31-27-35)45(39-17-7-2-8-18-39)40-19-9-3-10-20-40/h1-34H/b25-24+. The van der Waals surface area contributed by atoms with E-state index in [1.165, 1.54) is 11.1 Å². The predicted octanol–water partition coefficient (Wildman–Crippen LogP) is 12.5. The minimum atomic E-state index is 1.11. The van der Waals surface area contributed by atoms with Crippen LogP contribution in [0.4, 0.5) is 34.1 Å². The average molecular weight is 591 g/mol. The largest absolute Gasteiger partial charge is 0.311 e. The van der Waals surface area contributed by atoms with Crippen molar-refractivity contribution in [2.45, 2.75) is 0 Å². The zero-order valence-corrected chi connectivity index (χ0v) is 25.5. The molecule has 0 atom stereocenters. The van der Waals surface area contributed by atoms with Crippen molar-refractivity contribution >= 4 is 46.3 Å². The molecular formula is C44H34N2. The molecule has 7 aromatic carbocycles. The van der Waals surface area contributed by atoms with Crippen LogP contribution in [-0.2, 0) is 0 Å². The van der Waals surface area contributed by atoms with Crippen molar-refractivity contribution in [3.05, 3.63) is 205 Å². The summed E-state index contributed by atoms with van der Waals surface area (Å²) in [7, 11) is 0. The highest BCUT2D eigenvalue weighted by atomic mass is 15.1. The van der Waals surface area contributed by atoms with Gasteiger partial charge in [-0.2, -0.15) is 0 Å². The van der Waals surface area contributed by atoms with Crippen molar-refractivity contribution in [3.63, 3.8) is 0 Å². The first kappa shape index (κ1) is 28.6. The first-order valence-electron chi connectivity index (χ1n) is 15.6. The maximum atomic E-state index is 2.31. The number of hydrogen-bond donors (Lipinski definition) is 0. The number of benzene rings is 7. The maximum Gasteiger partial charge on any atom is 0.0467 e. The Morgan fingerprint density at radius 3 is 1.02 bits per heavy atom. The monoisotopic (exact) mass is 590 g/mol. The molecule has 7 rings (SSSR count). The lowest BCUT2D eigenvalue weighted by Crippen LogP contribution is -2.09. The second-order valence-corrected chi connectivity index (χ2v) is 11.1. The predicted molar refractivity (Wildman–Crippen MR) is 197 cm³/mol. The molecule has 0 saturated carbocycles. The van der Waals surface area contributed by atoms with Gasteiger partial charge in [0, 0.05) is 34.1 Å². The molecule has 46 heavy (non-hydrogen) atoms. The molecular weight excluding hydrogens is 556 g/mol. The van der Waals surface area contributed by atoms with Crippen LogP contribution in [0, 0.1) is 0 Å². The van der Waals surface area contributed by atoms with Crippen LogP contribution in [0.2, 0.25) is 0 Å². The summed E-state index contributed by atoms with van der Waals surface area (Å²) in [6.07, 6.45) is 4.35. The van der Waals surface area contributed by atoms with Gasteiger partial charge in [-0.15, -0.1) is 0 Å². The molecule has 0 aliphatic carbocycles. The van der Waals surface area contributed by atoms with E-state index >= 15 is 0 Å². The first-order chi connectivity index (χ1) is 22.8. The Hall–Kier alpha value is -6.12. The summed E-state index contributed by atoms with van der Waals surface area (Å²) in [5.41, 5.74) is 11.4. The molecule has 0 bridgehead atoms. The fourth-order valence-electron chi connectivity index (χ4n) is 5.74. The summed E-state index contributed by atoms with van der Waals surface area (Å²) >= 11 is 0. The van der Waals surface area contributed by atoms with Gasteiger partial charge in [0.15, 0.2) is 0 Å². The zero-order chi connectivity index (χ0) is 31.0. The van der Waals surface area contributed by atoms with Gasteiger partial charge in [0.2, 0.25) is 0 Å². The minimum absolute atomic E-state index is 1.11. The molecule has 0 saturated heterocycles. The average Bonchev–Trinajstić information content (AvgIpc) is 3.14. The van der Waals surface area contributed by atoms with E-state index in [2.05, 4.69) is 216 Å². The Labute approximate surface area is 271 Å². The Balaban J connectivity index is 1.13. The Kier molecular flexibility index (Phi) is 8.51. The van der Waals surface area contributed by atoms with E-state index in [-0.39, 0.29) is 0 Å². The number of nitrogens with zero attached hydrogens (tertiary/aromatic N) is 2. The molecule has 0 unspecified atom stereocenters. The summed E-state index contributed by atoms with van der Waals surface area (Å²) in [5, 5.41) is 0. The van der Waals surface area contributed by atoms with Gasteiger partial charge >= 0.3 is 0 Å². The molecule has 0 aromatic heterocycles. The molecule has 2 heteroatoms.